The molecule has 0 aliphatic rings. The van der Waals surface area contributed by atoms with E-state index in [1.54, 1.807) is 30.5 Å². The Morgan fingerprint density at radius 3 is 2.10 bits per heavy atom. The molecule has 0 saturated heterocycles. The summed E-state index contributed by atoms with van der Waals surface area (Å²) < 4.78 is 16.6. The Hall–Kier alpha value is -3.80. The number of rotatable bonds is 10. The number of carbonyl (C=O) groups is 1. The van der Waals surface area contributed by atoms with Crippen molar-refractivity contribution in [2.24, 2.45) is 5.10 Å². The number of ether oxygens (including phenoxy) is 3. The fourth-order valence-corrected chi connectivity index (χ4v) is 2.55. The molecule has 0 spiro atoms. The fraction of sp³-hybridized carbons (Fsp3) is 0.167. The molecule has 0 atom stereocenters. The first-order valence-electron chi connectivity index (χ1n) is 9.67. The molecule has 0 radical (unpaired) electrons. The lowest BCUT2D eigenvalue weighted by molar-refractivity contribution is -0.123. The van der Waals surface area contributed by atoms with Crippen LogP contribution < -0.4 is 19.6 Å². The lowest BCUT2D eigenvalue weighted by Gasteiger charge is -2.08. The average Bonchev–Trinajstić information content (AvgIpc) is 2.79. The number of hydrogen-bond acceptors (Lipinski definition) is 5. The summed E-state index contributed by atoms with van der Waals surface area (Å²) in [5.41, 5.74) is 4.39. The first-order valence-corrected chi connectivity index (χ1v) is 9.67. The van der Waals surface area contributed by atoms with Gasteiger partial charge >= 0.3 is 0 Å². The van der Waals surface area contributed by atoms with Gasteiger partial charge < -0.3 is 14.2 Å². The molecule has 1 N–H and O–H groups in total. The minimum absolute atomic E-state index is 0.134. The molecule has 1 amide bonds. The van der Waals surface area contributed by atoms with Gasteiger partial charge in [0.25, 0.3) is 5.91 Å². The Morgan fingerprint density at radius 2 is 1.43 bits per heavy atom. The smallest absolute Gasteiger partial charge is 0.277 e. The van der Waals surface area contributed by atoms with Crippen LogP contribution in [-0.4, -0.2) is 25.3 Å². The number of nitrogens with zero attached hydrogens (tertiary/aromatic N) is 1. The van der Waals surface area contributed by atoms with E-state index in [0.717, 1.165) is 22.6 Å². The molecule has 0 aromatic heterocycles. The summed E-state index contributed by atoms with van der Waals surface area (Å²) in [6.07, 6.45) is 1.56. The highest BCUT2D eigenvalue weighted by Crippen LogP contribution is 2.18. The lowest BCUT2D eigenvalue weighted by Crippen LogP contribution is -2.24. The number of hydrazone groups is 1. The van der Waals surface area contributed by atoms with Crippen molar-refractivity contribution in [3.05, 3.63) is 90.0 Å². The number of amides is 1. The van der Waals surface area contributed by atoms with E-state index >= 15 is 0 Å². The van der Waals surface area contributed by atoms with Crippen molar-refractivity contribution in [3.63, 3.8) is 0 Å². The second kappa shape index (κ2) is 11.3. The normalized spacial score (nSPS) is 10.6. The second-order valence-corrected chi connectivity index (χ2v) is 6.33. The first kappa shape index (κ1) is 20.9. The number of nitrogens with one attached hydrogen (secondary N) is 1. The highest BCUT2D eigenvalue weighted by molar-refractivity contribution is 5.83. The summed E-state index contributed by atoms with van der Waals surface area (Å²) in [6, 6.07) is 24.5. The van der Waals surface area contributed by atoms with Crippen molar-refractivity contribution in [3.8, 4) is 17.2 Å². The van der Waals surface area contributed by atoms with Crippen LogP contribution in [-0.2, 0) is 11.4 Å². The van der Waals surface area contributed by atoms with E-state index in [0.29, 0.717) is 19.0 Å². The van der Waals surface area contributed by atoms with E-state index in [2.05, 4.69) is 10.5 Å². The molecule has 0 unspecified atom stereocenters. The Bertz CT molecular complexity index is 939. The maximum atomic E-state index is 11.9. The Morgan fingerprint density at radius 1 is 0.833 bits per heavy atom. The summed E-state index contributed by atoms with van der Waals surface area (Å²) in [5.74, 6) is 1.76. The molecule has 6 heteroatoms. The van der Waals surface area contributed by atoms with Crippen molar-refractivity contribution < 1.29 is 19.0 Å². The van der Waals surface area contributed by atoms with Crippen LogP contribution in [0.15, 0.2) is 84.0 Å². The summed E-state index contributed by atoms with van der Waals surface area (Å²) in [4.78, 5) is 11.9. The van der Waals surface area contributed by atoms with Gasteiger partial charge in [-0.05, 0) is 66.6 Å². The third-order valence-electron chi connectivity index (χ3n) is 4.04. The highest BCUT2D eigenvalue weighted by Gasteiger charge is 2.02. The van der Waals surface area contributed by atoms with Gasteiger partial charge in [-0.2, -0.15) is 5.10 Å². The molecule has 6 nitrogen and oxygen atoms in total. The zero-order chi connectivity index (χ0) is 21.0. The largest absolute Gasteiger partial charge is 0.494 e. The van der Waals surface area contributed by atoms with Crippen molar-refractivity contribution >= 4 is 12.1 Å². The van der Waals surface area contributed by atoms with Gasteiger partial charge in [-0.25, -0.2) is 5.43 Å². The van der Waals surface area contributed by atoms with Crippen molar-refractivity contribution in [2.75, 3.05) is 13.2 Å². The molecule has 0 fully saturated rings. The zero-order valence-electron chi connectivity index (χ0n) is 16.8. The van der Waals surface area contributed by atoms with Crippen molar-refractivity contribution in [1.82, 2.24) is 5.43 Å². The second-order valence-electron chi connectivity index (χ2n) is 6.33. The maximum absolute atomic E-state index is 11.9. The van der Waals surface area contributed by atoms with Gasteiger partial charge in [0, 0.05) is 0 Å². The van der Waals surface area contributed by atoms with Gasteiger partial charge in [0.1, 0.15) is 23.9 Å². The average molecular weight is 404 g/mol. The van der Waals surface area contributed by atoms with Gasteiger partial charge in [0.2, 0.25) is 0 Å². The standard InChI is InChI=1S/C24H24N2O4/c1-2-28-21-10-8-19(9-11-21)16-25-26-24(27)18-30-23-14-12-22(13-15-23)29-17-20-6-4-3-5-7-20/h3-16H,2,17-18H2,1H3,(H,26,27)/b25-16-. The van der Waals surface area contributed by atoms with Crippen LogP contribution in [0.1, 0.15) is 18.1 Å². The van der Waals surface area contributed by atoms with E-state index in [4.69, 9.17) is 14.2 Å². The van der Waals surface area contributed by atoms with Gasteiger partial charge in [-0.1, -0.05) is 30.3 Å². The molecule has 0 aliphatic heterocycles. The third kappa shape index (κ3) is 6.98. The van der Waals surface area contributed by atoms with Crippen LogP contribution in [0, 0.1) is 0 Å². The molecule has 0 aliphatic carbocycles. The molecule has 154 valence electrons. The van der Waals surface area contributed by atoms with Gasteiger partial charge in [-0.3, -0.25) is 4.79 Å². The predicted octanol–water partition coefficient (Wildman–Crippen LogP) is 4.19. The van der Waals surface area contributed by atoms with E-state index in [-0.39, 0.29) is 12.5 Å². The number of benzene rings is 3. The maximum Gasteiger partial charge on any atom is 0.277 e. The summed E-state index contributed by atoms with van der Waals surface area (Å²) in [6.45, 7) is 2.91. The number of hydrogen-bond donors (Lipinski definition) is 1. The fourth-order valence-electron chi connectivity index (χ4n) is 2.55. The molecular formula is C24H24N2O4. The SMILES string of the molecule is CCOc1ccc(/C=N\NC(=O)COc2ccc(OCc3ccccc3)cc2)cc1. The monoisotopic (exact) mass is 404 g/mol. The van der Waals surface area contributed by atoms with Crippen LogP contribution in [0.5, 0.6) is 17.2 Å². The van der Waals surface area contributed by atoms with E-state index in [1.165, 1.54) is 0 Å². The van der Waals surface area contributed by atoms with Crippen LogP contribution in [0.4, 0.5) is 0 Å². The molecule has 0 heterocycles. The molecule has 3 aromatic carbocycles. The quantitative estimate of drug-likeness (QED) is 0.406. The lowest BCUT2D eigenvalue weighted by atomic mass is 10.2. The van der Waals surface area contributed by atoms with Crippen LogP contribution in [0.2, 0.25) is 0 Å². The Kier molecular flexibility index (Phi) is 7.85. The molecular weight excluding hydrogens is 380 g/mol. The molecule has 0 saturated carbocycles. The summed E-state index contributed by atoms with van der Waals surface area (Å²) in [5, 5.41) is 3.93. The van der Waals surface area contributed by atoms with Gasteiger partial charge in [0.15, 0.2) is 6.61 Å². The topological polar surface area (TPSA) is 69.2 Å². The molecule has 3 rings (SSSR count). The minimum atomic E-state index is -0.346. The van der Waals surface area contributed by atoms with Gasteiger partial charge in [-0.15, -0.1) is 0 Å². The molecule has 3 aromatic rings. The zero-order valence-corrected chi connectivity index (χ0v) is 16.8. The van der Waals surface area contributed by atoms with Crippen LogP contribution >= 0.6 is 0 Å². The van der Waals surface area contributed by atoms with E-state index in [9.17, 15) is 4.79 Å². The van der Waals surface area contributed by atoms with Gasteiger partial charge in [0.05, 0.1) is 12.8 Å². The summed E-state index contributed by atoms with van der Waals surface area (Å²) in [7, 11) is 0. The highest BCUT2D eigenvalue weighted by atomic mass is 16.5. The molecule has 0 bridgehead atoms. The van der Waals surface area contributed by atoms with E-state index < -0.39 is 0 Å². The molecule has 30 heavy (non-hydrogen) atoms. The predicted molar refractivity (Wildman–Crippen MR) is 116 cm³/mol. The minimum Gasteiger partial charge on any atom is -0.494 e. The Labute approximate surface area is 176 Å². The third-order valence-corrected chi connectivity index (χ3v) is 4.04. The van der Waals surface area contributed by atoms with Crippen LogP contribution in [0.3, 0.4) is 0 Å². The Balaban J connectivity index is 1.38. The van der Waals surface area contributed by atoms with E-state index in [1.807, 2.05) is 61.5 Å². The van der Waals surface area contributed by atoms with Crippen molar-refractivity contribution in [1.29, 1.82) is 0 Å². The van der Waals surface area contributed by atoms with Crippen molar-refractivity contribution in [2.45, 2.75) is 13.5 Å². The number of carbonyl (C=O) groups excluding carboxylic acids is 1. The first-order chi connectivity index (χ1) is 14.7. The summed E-state index contributed by atoms with van der Waals surface area (Å²) >= 11 is 0. The van der Waals surface area contributed by atoms with Crippen LogP contribution in [0.25, 0.3) is 0 Å².